The van der Waals surface area contributed by atoms with Crippen LogP contribution in [0.5, 0.6) is 0 Å². The first-order valence-electron chi connectivity index (χ1n) is 8.78. The second kappa shape index (κ2) is 7.74. The fourth-order valence-electron chi connectivity index (χ4n) is 3.28. The molecule has 0 spiro atoms. The molecule has 0 radical (unpaired) electrons. The number of carbonyl (C=O) groups excluding carboxylic acids is 1. The first-order chi connectivity index (χ1) is 11.8. The van der Waals surface area contributed by atoms with Gasteiger partial charge in [0.25, 0.3) is 0 Å². The Morgan fingerprint density at radius 3 is 2.40 bits per heavy atom. The van der Waals surface area contributed by atoms with E-state index in [1.54, 1.807) is 6.92 Å². The molecule has 25 heavy (non-hydrogen) atoms. The summed E-state index contributed by atoms with van der Waals surface area (Å²) in [6, 6.07) is 10.1. The van der Waals surface area contributed by atoms with Crippen LogP contribution in [0, 0.1) is 29.1 Å². The average molecular weight is 336 g/mol. The zero-order valence-corrected chi connectivity index (χ0v) is 16.1. The predicted molar refractivity (Wildman–Crippen MR) is 104 cm³/mol. The Kier molecular flexibility index (Phi) is 5.90. The summed E-state index contributed by atoms with van der Waals surface area (Å²) in [6.07, 6.45) is 2.18. The third-order valence-corrected chi connectivity index (χ3v) is 4.97. The van der Waals surface area contributed by atoms with Crippen LogP contribution in [0.25, 0.3) is 5.57 Å². The van der Waals surface area contributed by atoms with E-state index in [9.17, 15) is 4.79 Å². The van der Waals surface area contributed by atoms with Gasteiger partial charge in [0, 0.05) is 5.57 Å². The fourth-order valence-corrected chi connectivity index (χ4v) is 3.28. The van der Waals surface area contributed by atoms with Gasteiger partial charge in [0.2, 0.25) is 0 Å². The van der Waals surface area contributed by atoms with E-state index in [0.717, 1.165) is 16.7 Å². The Balaban J connectivity index is 2.11. The SMILES string of the molecule is CC#C/C(COC(=O)C1C(C=C(C)C)C1(C)C)=C(/C)c1ccccc1. The second-order valence-corrected chi connectivity index (χ2v) is 7.52. The zero-order chi connectivity index (χ0) is 18.6. The molecule has 1 aliphatic carbocycles. The fraction of sp³-hybridized carbons (Fsp3) is 0.435. The minimum atomic E-state index is -0.122. The Bertz CT molecular complexity index is 750. The smallest absolute Gasteiger partial charge is 0.310 e. The number of allylic oxidation sites excluding steroid dienone is 3. The van der Waals surface area contributed by atoms with Crippen LogP contribution in [0.4, 0.5) is 0 Å². The lowest BCUT2D eigenvalue weighted by atomic mass is 10.0. The van der Waals surface area contributed by atoms with Crippen molar-refractivity contribution in [1.29, 1.82) is 0 Å². The third kappa shape index (κ3) is 4.42. The van der Waals surface area contributed by atoms with E-state index in [1.807, 2.05) is 37.3 Å². The number of carbonyl (C=O) groups is 1. The predicted octanol–water partition coefficient (Wildman–Crippen LogP) is 5.27. The molecule has 2 nitrogen and oxygen atoms in total. The molecule has 1 aromatic rings. The lowest BCUT2D eigenvalue weighted by Crippen LogP contribution is -2.13. The molecule has 2 heteroatoms. The number of benzene rings is 1. The summed E-state index contributed by atoms with van der Waals surface area (Å²) in [4.78, 5) is 12.6. The molecule has 132 valence electrons. The summed E-state index contributed by atoms with van der Waals surface area (Å²) in [5.74, 6) is 6.12. The molecule has 1 aliphatic rings. The Labute approximate surface area is 152 Å². The van der Waals surface area contributed by atoms with Gasteiger partial charge >= 0.3 is 5.97 Å². The van der Waals surface area contributed by atoms with Crippen molar-refractivity contribution in [2.45, 2.75) is 41.5 Å². The molecule has 1 saturated carbocycles. The maximum absolute atomic E-state index is 12.6. The van der Waals surface area contributed by atoms with Gasteiger partial charge in [0.15, 0.2) is 0 Å². The summed E-state index contributed by atoms with van der Waals surface area (Å²) in [6.45, 7) is 12.4. The highest BCUT2D eigenvalue weighted by Gasteiger charge is 2.61. The summed E-state index contributed by atoms with van der Waals surface area (Å²) in [5, 5.41) is 0. The maximum Gasteiger partial charge on any atom is 0.310 e. The number of hydrogen-bond acceptors (Lipinski definition) is 2. The van der Waals surface area contributed by atoms with Crippen molar-refractivity contribution >= 4 is 11.5 Å². The maximum atomic E-state index is 12.6. The zero-order valence-electron chi connectivity index (χ0n) is 16.1. The lowest BCUT2D eigenvalue weighted by molar-refractivity contribution is -0.145. The molecule has 1 fully saturated rings. The lowest BCUT2D eigenvalue weighted by Gasteiger charge is -2.09. The summed E-state index contributed by atoms with van der Waals surface area (Å²) in [5.41, 5.74) is 4.23. The topological polar surface area (TPSA) is 26.3 Å². The number of ether oxygens (including phenoxy) is 1. The normalized spacial score (nSPS) is 21.4. The second-order valence-electron chi connectivity index (χ2n) is 7.52. The molecule has 0 saturated heterocycles. The van der Waals surface area contributed by atoms with E-state index < -0.39 is 0 Å². The van der Waals surface area contributed by atoms with Crippen LogP contribution in [0.1, 0.15) is 47.1 Å². The van der Waals surface area contributed by atoms with Gasteiger partial charge in [-0.1, -0.05) is 61.7 Å². The van der Waals surface area contributed by atoms with Crippen LogP contribution in [-0.4, -0.2) is 12.6 Å². The monoisotopic (exact) mass is 336 g/mol. The highest BCUT2D eigenvalue weighted by molar-refractivity contribution is 5.79. The highest BCUT2D eigenvalue weighted by Crippen LogP contribution is 2.59. The van der Waals surface area contributed by atoms with E-state index in [4.69, 9.17) is 4.74 Å². The first-order valence-corrected chi connectivity index (χ1v) is 8.78. The van der Waals surface area contributed by atoms with Gasteiger partial charge in [-0.15, -0.1) is 5.92 Å². The van der Waals surface area contributed by atoms with Crippen molar-refractivity contribution in [2.75, 3.05) is 6.61 Å². The van der Waals surface area contributed by atoms with Gasteiger partial charge in [-0.3, -0.25) is 4.79 Å². The number of hydrogen-bond donors (Lipinski definition) is 0. The van der Waals surface area contributed by atoms with E-state index in [2.05, 4.69) is 45.6 Å². The quantitative estimate of drug-likeness (QED) is 0.416. The van der Waals surface area contributed by atoms with Crippen LogP contribution < -0.4 is 0 Å². The minimum absolute atomic E-state index is 0.0247. The Hall–Kier alpha value is -2.27. The Morgan fingerprint density at radius 2 is 1.84 bits per heavy atom. The molecule has 2 rings (SSSR count). The van der Waals surface area contributed by atoms with Crippen LogP contribution in [-0.2, 0) is 9.53 Å². The number of rotatable bonds is 5. The van der Waals surface area contributed by atoms with Crippen molar-refractivity contribution in [3.8, 4) is 11.8 Å². The van der Waals surface area contributed by atoms with Gasteiger partial charge in [-0.2, -0.15) is 0 Å². The molecule has 0 aliphatic heterocycles. The van der Waals surface area contributed by atoms with Gasteiger partial charge in [-0.05, 0) is 50.2 Å². The van der Waals surface area contributed by atoms with Crippen LogP contribution in [0.2, 0.25) is 0 Å². The van der Waals surface area contributed by atoms with Gasteiger partial charge in [-0.25, -0.2) is 0 Å². The van der Waals surface area contributed by atoms with Crippen molar-refractivity contribution in [2.24, 2.45) is 17.3 Å². The molecule has 0 heterocycles. The molecule has 0 bridgehead atoms. The van der Waals surface area contributed by atoms with E-state index >= 15 is 0 Å². The third-order valence-electron chi connectivity index (χ3n) is 4.97. The van der Waals surface area contributed by atoms with Crippen molar-refractivity contribution in [3.05, 3.63) is 53.1 Å². The van der Waals surface area contributed by atoms with Crippen molar-refractivity contribution < 1.29 is 9.53 Å². The molecule has 2 atom stereocenters. The van der Waals surface area contributed by atoms with Gasteiger partial charge in [0.1, 0.15) is 6.61 Å². The highest BCUT2D eigenvalue weighted by atomic mass is 16.5. The van der Waals surface area contributed by atoms with Crippen molar-refractivity contribution in [1.82, 2.24) is 0 Å². The molecular formula is C23H28O2. The summed E-state index contributed by atoms with van der Waals surface area (Å²) >= 11 is 0. The molecule has 0 aromatic heterocycles. The van der Waals surface area contributed by atoms with E-state index in [1.165, 1.54) is 5.57 Å². The van der Waals surface area contributed by atoms with Gasteiger partial charge in [0.05, 0.1) is 5.92 Å². The molecule has 0 N–H and O–H groups in total. The summed E-state index contributed by atoms with van der Waals surface area (Å²) in [7, 11) is 0. The summed E-state index contributed by atoms with van der Waals surface area (Å²) < 4.78 is 5.64. The standard InChI is InChI=1S/C23H28O2/c1-7-11-19(17(4)18-12-9-8-10-13-18)15-25-22(24)21-20(14-16(2)3)23(21,5)6/h8-10,12-14,20-21H,15H2,1-6H3/b19-17+. The largest absolute Gasteiger partial charge is 0.460 e. The molecular weight excluding hydrogens is 308 g/mol. The van der Waals surface area contributed by atoms with E-state index in [0.29, 0.717) is 0 Å². The molecule has 2 unspecified atom stereocenters. The van der Waals surface area contributed by atoms with Crippen LogP contribution in [0.15, 0.2) is 47.6 Å². The molecule has 0 amide bonds. The van der Waals surface area contributed by atoms with Crippen LogP contribution in [0.3, 0.4) is 0 Å². The average Bonchev–Trinajstić information content (AvgIpc) is 3.11. The minimum Gasteiger partial charge on any atom is -0.460 e. The van der Waals surface area contributed by atoms with Gasteiger partial charge < -0.3 is 4.74 Å². The number of esters is 1. The van der Waals surface area contributed by atoms with Crippen LogP contribution >= 0.6 is 0 Å². The Morgan fingerprint density at radius 1 is 1.20 bits per heavy atom. The molecule has 1 aromatic carbocycles. The van der Waals surface area contributed by atoms with E-state index in [-0.39, 0.29) is 29.8 Å². The first kappa shape index (κ1) is 19.1. The van der Waals surface area contributed by atoms with Crippen molar-refractivity contribution in [3.63, 3.8) is 0 Å².